The monoisotopic (exact) mass is 265 g/mol. The summed E-state index contributed by atoms with van der Waals surface area (Å²) < 4.78 is 5.35. The largest absolute Gasteiger partial charge is 0.496 e. The molecule has 0 saturated carbocycles. The SMILES string of the molecule is CCc1cc(CN(C)C(CO)C(C)C)ccc1OC. The second-order valence-electron chi connectivity index (χ2n) is 5.41. The Morgan fingerprint density at radius 1 is 1.32 bits per heavy atom. The normalized spacial score (nSPS) is 13.1. The first kappa shape index (κ1) is 16.0. The average Bonchev–Trinajstić information content (AvgIpc) is 2.38. The Morgan fingerprint density at radius 2 is 2.00 bits per heavy atom. The van der Waals surface area contributed by atoms with Crippen LogP contribution < -0.4 is 4.74 Å². The summed E-state index contributed by atoms with van der Waals surface area (Å²) in [5.41, 5.74) is 2.50. The molecule has 0 aromatic heterocycles. The van der Waals surface area contributed by atoms with Gasteiger partial charge in [-0.3, -0.25) is 4.90 Å². The number of aliphatic hydroxyl groups excluding tert-OH is 1. The Morgan fingerprint density at radius 3 is 2.47 bits per heavy atom. The maximum atomic E-state index is 9.47. The molecule has 3 nitrogen and oxygen atoms in total. The Bertz CT molecular complexity index is 390. The first-order valence-corrected chi connectivity index (χ1v) is 7.00. The van der Waals surface area contributed by atoms with Gasteiger partial charge in [0.15, 0.2) is 0 Å². The number of rotatable bonds is 7. The fourth-order valence-electron chi connectivity index (χ4n) is 2.47. The maximum absolute atomic E-state index is 9.47. The molecule has 0 radical (unpaired) electrons. The number of likely N-dealkylation sites (N-methyl/N-ethyl adjacent to an activating group) is 1. The van der Waals surface area contributed by atoms with Crippen molar-refractivity contribution in [1.29, 1.82) is 0 Å². The van der Waals surface area contributed by atoms with Crippen LogP contribution in [-0.2, 0) is 13.0 Å². The van der Waals surface area contributed by atoms with E-state index in [9.17, 15) is 5.11 Å². The third-order valence-corrected chi connectivity index (χ3v) is 3.68. The lowest BCUT2D eigenvalue weighted by atomic mass is 10.0. The lowest BCUT2D eigenvalue weighted by Gasteiger charge is -2.29. The van der Waals surface area contributed by atoms with E-state index in [1.807, 2.05) is 6.07 Å². The van der Waals surface area contributed by atoms with Crippen molar-refractivity contribution in [2.75, 3.05) is 20.8 Å². The van der Waals surface area contributed by atoms with E-state index in [0.717, 1.165) is 18.7 Å². The molecule has 0 aliphatic heterocycles. The standard InChI is InChI=1S/C16H27NO2/c1-6-14-9-13(7-8-16(14)19-5)10-17(4)15(11-18)12(2)3/h7-9,12,15,18H,6,10-11H2,1-5H3. The number of benzene rings is 1. The zero-order valence-electron chi connectivity index (χ0n) is 12.8. The molecular formula is C16H27NO2. The number of methoxy groups -OCH3 is 1. The quantitative estimate of drug-likeness (QED) is 0.823. The minimum absolute atomic E-state index is 0.199. The van der Waals surface area contributed by atoms with Gasteiger partial charge in [-0.1, -0.05) is 32.9 Å². The van der Waals surface area contributed by atoms with E-state index in [1.54, 1.807) is 7.11 Å². The summed E-state index contributed by atoms with van der Waals surface area (Å²) in [4.78, 5) is 2.21. The molecule has 1 rings (SSSR count). The summed E-state index contributed by atoms with van der Waals surface area (Å²) in [6, 6.07) is 6.53. The van der Waals surface area contributed by atoms with E-state index < -0.39 is 0 Å². The van der Waals surface area contributed by atoms with Crippen molar-refractivity contribution in [3.05, 3.63) is 29.3 Å². The summed E-state index contributed by atoms with van der Waals surface area (Å²) in [6.07, 6.45) is 0.967. The molecule has 108 valence electrons. The molecule has 0 heterocycles. The summed E-state index contributed by atoms with van der Waals surface area (Å²) in [5, 5.41) is 9.47. The van der Waals surface area contributed by atoms with Crippen molar-refractivity contribution in [2.45, 2.75) is 39.8 Å². The van der Waals surface area contributed by atoms with Crippen LogP contribution in [0, 0.1) is 5.92 Å². The molecule has 0 aliphatic rings. The molecule has 1 atom stereocenters. The molecule has 0 bridgehead atoms. The van der Waals surface area contributed by atoms with Crippen LogP contribution in [0.25, 0.3) is 0 Å². The molecule has 0 spiro atoms. The lowest BCUT2D eigenvalue weighted by Crippen LogP contribution is -2.38. The molecular weight excluding hydrogens is 238 g/mol. The summed E-state index contributed by atoms with van der Waals surface area (Å²) in [7, 11) is 3.78. The first-order chi connectivity index (χ1) is 9.03. The summed E-state index contributed by atoms with van der Waals surface area (Å²) in [5.74, 6) is 1.40. The van der Waals surface area contributed by atoms with E-state index >= 15 is 0 Å². The topological polar surface area (TPSA) is 32.7 Å². The zero-order chi connectivity index (χ0) is 14.4. The van der Waals surface area contributed by atoms with Crippen LogP contribution >= 0.6 is 0 Å². The van der Waals surface area contributed by atoms with Gasteiger partial charge in [-0.05, 0) is 36.6 Å². The van der Waals surface area contributed by atoms with Crippen molar-refractivity contribution in [3.63, 3.8) is 0 Å². The van der Waals surface area contributed by atoms with E-state index in [2.05, 4.69) is 44.9 Å². The van der Waals surface area contributed by atoms with Crippen LogP contribution in [0.5, 0.6) is 5.75 Å². The molecule has 19 heavy (non-hydrogen) atoms. The Kier molecular flexibility index (Phi) is 6.32. The van der Waals surface area contributed by atoms with Crippen molar-refractivity contribution >= 4 is 0 Å². The number of hydrogen-bond acceptors (Lipinski definition) is 3. The molecule has 1 aromatic rings. The van der Waals surface area contributed by atoms with Gasteiger partial charge in [0.25, 0.3) is 0 Å². The van der Waals surface area contributed by atoms with E-state index in [0.29, 0.717) is 5.92 Å². The first-order valence-electron chi connectivity index (χ1n) is 7.00. The minimum atomic E-state index is 0.199. The van der Waals surface area contributed by atoms with Crippen LogP contribution in [0.3, 0.4) is 0 Å². The second kappa shape index (κ2) is 7.51. The van der Waals surface area contributed by atoms with Crippen molar-refractivity contribution in [2.24, 2.45) is 5.92 Å². The molecule has 3 heteroatoms. The predicted octanol–water partition coefficient (Wildman–Crippen LogP) is 2.71. The number of ether oxygens (including phenoxy) is 1. The predicted molar refractivity (Wildman–Crippen MR) is 79.6 cm³/mol. The average molecular weight is 265 g/mol. The molecule has 0 amide bonds. The highest BCUT2D eigenvalue weighted by molar-refractivity contribution is 5.37. The fraction of sp³-hybridized carbons (Fsp3) is 0.625. The molecule has 0 fully saturated rings. The van der Waals surface area contributed by atoms with Gasteiger partial charge in [-0.25, -0.2) is 0 Å². The van der Waals surface area contributed by atoms with Gasteiger partial charge in [-0.2, -0.15) is 0 Å². The van der Waals surface area contributed by atoms with Gasteiger partial charge < -0.3 is 9.84 Å². The van der Waals surface area contributed by atoms with Crippen LogP contribution in [-0.4, -0.2) is 36.8 Å². The van der Waals surface area contributed by atoms with Crippen LogP contribution in [0.1, 0.15) is 31.9 Å². The van der Waals surface area contributed by atoms with Crippen molar-refractivity contribution in [3.8, 4) is 5.75 Å². The molecule has 0 saturated heterocycles. The minimum Gasteiger partial charge on any atom is -0.496 e. The van der Waals surface area contributed by atoms with Crippen LogP contribution in [0.4, 0.5) is 0 Å². The van der Waals surface area contributed by atoms with E-state index in [4.69, 9.17) is 4.74 Å². The Balaban J connectivity index is 2.81. The Hall–Kier alpha value is -1.06. The highest BCUT2D eigenvalue weighted by Crippen LogP contribution is 2.22. The van der Waals surface area contributed by atoms with Gasteiger partial charge in [0.1, 0.15) is 5.75 Å². The molecule has 1 N–H and O–H groups in total. The molecule has 1 aromatic carbocycles. The summed E-state index contributed by atoms with van der Waals surface area (Å²) >= 11 is 0. The Labute approximate surface area is 117 Å². The highest BCUT2D eigenvalue weighted by atomic mass is 16.5. The number of aliphatic hydroxyl groups is 1. The number of hydrogen-bond donors (Lipinski definition) is 1. The van der Waals surface area contributed by atoms with Crippen LogP contribution in [0.2, 0.25) is 0 Å². The number of nitrogens with zero attached hydrogens (tertiary/aromatic N) is 1. The third-order valence-electron chi connectivity index (χ3n) is 3.68. The third kappa shape index (κ3) is 4.22. The molecule has 1 unspecified atom stereocenters. The van der Waals surface area contributed by atoms with Gasteiger partial charge in [0.05, 0.1) is 13.7 Å². The smallest absolute Gasteiger partial charge is 0.122 e. The van der Waals surface area contributed by atoms with Crippen LogP contribution in [0.15, 0.2) is 18.2 Å². The highest BCUT2D eigenvalue weighted by Gasteiger charge is 2.17. The van der Waals surface area contributed by atoms with Crippen molar-refractivity contribution in [1.82, 2.24) is 4.90 Å². The molecule has 0 aliphatic carbocycles. The van der Waals surface area contributed by atoms with E-state index in [1.165, 1.54) is 11.1 Å². The second-order valence-corrected chi connectivity index (χ2v) is 5.41. The zero-order valence-corrected chi connectivity index (χ0v) is 12.8. The number of aryl methyl sites for hydroxylation is 1. The van der Waals surface area contributed by atoms with Crippen molar-refractivity contribution < 1.29 is 9.84 Å². The van der Waals surface area contributed by atoms with Gasteiger partial charge >= 0.3 is 0 Å². The maximum Gasteiger partial charge on any atom is 0.122 e. The van der Waals surface area contributed by atoms with E-state index in [-0.39, 0.29) is 12.6 Å². The van der Waals surface area contributed by atoms with Gasteiger partial charge in [0.2, 0.25) is 0 Å². The van der Waals surface area contributed by atoms with Gasteiger partial charge in [-0.15, -0.1) is 0 Å². The van der Waals surface area contributed by atoms with Gasteiger partial charge in [0, 0.05) is 12.6 Å². The summed E-state index contributed by atoms with van der Waals surface area (Å²) in [6.45, 7) is 7.47. The fourth-order valence-corrected chi connectivity index (χ4v) is 2.47. The lowest BCUT2D eigenvalue weighted by molar-refractivity contribution is 0.108.